The third-order valence-electron chi connectivity index (χ3n) is 3.84. The minimum absolute atomic E-state index is 0.0348. The molecule has 1 rings (SSSR count). The Hall–Kier alpha value is -1.40. The van der Waals surface area contributed by atoms with E-state index in [-0.39, 0.29) is 24.4 Å². The minimum Gasteiger partial charge on any atom is -0.389 e. The number of hydrogen-bond acceptors (Lipinski definition) is 4. The first kappa shape index (κ1) is 18.6. The summed E-state index contributed by atoms with van der Waals surface area (Å²) in [6.45, 7) is 14.2. The van der Waals surface area contributed by atoms with Gasteiger partial charge in [-0.25, -0.2) is 0 Å². The van der Waals surface area contributed by atoms with E-state index >= 15 is 0 Å². The number of carbonyl (C=O) groups excluding carboxylic acids is 2. The van der Waals surface area contributed by atoms with Gasteiger partial charge in [0.15, 0.2) is 0 Å². The molecule has 0 bridgehead atoms. The Labute approximate surface area is 133 Å². The second kappa shape index (κ2) is 7.74. The van der Waals surface area contributed by atoms with Crippen LogP contribution in [0.2, 0.25) is 0 Å². The summed E-state index contributed by atoms with van der Waals surface area (Å²) in [5.74, 6) is -0.253. The van der Waals surface area contributed by atoms with Crippen molar-refractivity contribution in [2.24, 2.45) is 0 Å². The molecule has 1 atom stereocenters. The number of carbonyl (C=O) groups is 2. The third-order valence-corrected chi connectivity index (χ3v) is 3.84. The number of β-amino-alcohol motifs (C(OH)–C–C–N with tert-alkyl or cyclic N) is 1. The van der Waals surface area contributed by atoms with Gasteiger partial charge in [0.05, 0.1) is 5.60 Å². The molecule has 1 aliphatic heterocycles. The molecule has 0 aromatic rings. The molecule has 1 heterocycles. The van der Waals surface area contributed by atoms with Crippen molar-refractivity contribution >= 4 is 11.8 Å². The molecule has 1 saturated heterocycles. The van der Waals surface area contributed by atoms with Gasteiger partial charge in [-0.2, -0.15) is 0 Å². The van der Waals surface area contributed by atoms with E-state index in [1.165, 1.54) is 11.0 Å². The number of rotatable bonds is 6. The molecule has 0 aromatic carbocycles. The average molecular weight is 311 g/mol. The summed E-state index contributed by atoms with van der Waals surface area (Å²) in [4.78, 5) is 29.6. The standard InChI is InChI=1S/C16H29N3O3/c1-6-14(20)18(7-2)11-15(21)19-9-8-17(10-13(19)3)12-16(4,5)22/h6,13,22H,1,7-12H2,2-5H3. The van der Waals surface area contributed by atoms with E-state index in [4.69, 9.17) is 0 Å². The molecule has 0 spiro atoms. The molecule has 2 amide bonds. The number of aliphatic hydroxyl groups is 1. The Morgan fingerprint density at radius 2 is 2.05 bits per heavy atom. The number of hydrogen-bond donors (Lipinski definition) is 1. The Balaban J connectivity index is 2.58. The smallest absolute Gasteiger partial charge is 0.246 e. The second-order valence-corrected chi connectivity index (χ2v) is 6.54. The first-order chi connectivity index (χ1) is 10.2. The molecular formula is C16H29N3O3. The third kappa shape index (κ3) is 5.42. The van der Waals surface area contributed by atoms with Gasteiger partial charge in [-0.15, -0.1) is 0 Å². The Kier molecular flexibility index (Phi) is 6.56. The molecule has 0 aliphatic carbocycles. The van der Waals surface area contributed by atoms with Crippen LogP contribution in [0.5, 0.6) is 0 Å². The maximum absolute atomic E-state index is 12.4. The summed E-state index contributed by atoms with van der Waals surface area (Å²) >= 11 is 0. The SMILES string of the molecule is C=CC(=O)N(CC)CC(=O)N1CCN(CC(C)(C)O)CC1C. The van der Waals surface area contributed by atoms with Crippen molar-refractivity contribution in [1.29, 1.82) is 0 Å². The normalized spacial score (nSPS) is 19.9. The number of likely N-dealkylation sites (N-methyl/N-ethyl adjacent to an activating group) is 1. The molecule has 6 nitrogen and oxygen atoms in total. The Morgan fingerprint density at radius 1 is 1.41 bits per heavy atom. The van der Waals surface area contributed by atoms with E-state index in [2.05, 4.69) is 11.5 Å². The van der Waals surface area contributed by atoms with Crippen LogP contribution in [0.15, 0.2) is 12.7 Å². The van der Waals surface area contributed by atoms with Crippen molar-refractivity contribution in [1.82, 2.24) is 14.7 Å². The maximum Gasteiger partial charge on any atom is 0.246 e. The highest BCUT2D eigenvalue weighted by Crippen LogP contribution is 2.13. The van der Waals surface area contributed by atoms with E-state index < -0.39 is 5.60 Å². The molecule has 126 valence electrons. The minimum atomic E-state index is -0.735. The lowest BCUT2D eigenvalue weighted by Gasteiger charge is -2.42. The fourth-order valence-electron chi connectivity index (χ4n) is 2.82. The zero-order valence-corrected chi connectivity index (χ0v) is 14.2. The molecule has 1 N–H and O–H groups in total. The van der Waals surface area contributed by atoms with E-state index in [1.54, 1.807) is 13.8 Å². The van der Waals surface area contributed by atoms with Crippen molar-refractivity contribution < 1.29 is 14.7 Å². The summed E-state index contributed by atoms with van der Waals surface area (Å²) in [6, 6.07) is 0.0705. The molecule has 22 heavy (non-hydrogen) atoms. The van der Waals surface area contributed by atoms with E-state index in [0.717, 1.165) is 13.1 Å². The van der Waals surface area contributed by atoms with Gasteiger partial charge in [-0.1, -0.05) is 6.58 Å². The molecule has 1 unspecified atom stereocenters. The van der Waals surface area contributed by atoms with Gasteiger partial charge in [0, 0.05) is 38.8 Å². The lowest BCUT2D eigenvalue weighted by molar-refractivity contribution is -0.141. The Bertz CT molecular complexity index is 417. The molecule has 6 heteroatoms. The van der Waals surface area contributed by atoms with E-state index in [9.17, 15) is 14.7 Å². The van der Waals surface area contributed by atoms with Crippen molar-refractivity contribution in [3.8, 4) is 0 Å². The number of nitrogens with zero attached hydrogens (tertiary/aromatic N) is 3. The summed E-state index contributed by atoms with van der Waals surface area (Å²) in [6.07, 6.45) is 1.24. The first-order valence-corrected chi connectivity index (χ1v) is 7.83. The second-order valence-electron chi connectivity index (χ2n) is 6.54. The van der Waals surface area contributed by atoms with Gasteiger partial charge in [0.1, 0.15) is 6.54 Å². The predicted molar refractivity (Wildman–Crippen MR) is 86.4 cm³/mol. The van der Waals surface area contributed by atoms with Gasteiger partial charge < -0.3 is 14.9 Å². The fourth-order valence-corrected chi connectivity index (χ4v) is 2.82. The summed E-state index contributed by atoms with van der Waals surface area (Å²) in [5.41, 5.74) is -0.735. The van der Waals surface area contributed by atoms with Crippen LogP contribution in [0, 0.1) is 0 Å². The zero-order chi connectivity index (χ0) is 16.9. The van der Waals surface area contributed by atoms with Crippen molar-refractivity contribution in [2.75, 3.05) is 39.3 Å². The van der Waals surface area contributed by atoms with Crippen molar-refractivity contribution in [3.63, 3.8) is 0 Å². The highest BCUT2D eigenvalue weighted by molar-refractivity contribution is 5.91. The highest BCUT2D eigenvalue weighted by Gasteiger charge is 2.30. The predicted octanol–water partition coefficient (Wildman–Crippen LogP) is 0.325. The topological polar surface area (TPSA) is 64.1 Å². The van der Waals surface area contributed by atoms with Crippen LogP contribution in [0.3, 0.4) is 0 Å². The summed E-state index contributed by atoms with van der Waals surface area (Å²) in [7, 11) is 0. The number of amides is 2. The molecular weight excluding hydrogens is 282 g/mol. The van der Waals surface area contributed by atoms with Gasteiger partial charge in [-0.3, -0.25) is 14.5 Å². The van der Waals surface area contributed by atoms with E-state index in [1.807, 2.05) is 18.7 Å². The Morgan fingerprint density at radius 3 is 2.50 bits per heavy atom. The van der Waals surface area contributed by atoms with Crippen LogP contribution in [-0.4, -0.2) is 82.5 Å². The quantitative estimate of drug-likeness (QED) is 0.718. The van der Waals surface area contributed by atoms with Crippen LogP contribution in [-0.2, 0) is 9.59 Å². The molecule has 0 radical (unpaired) electrons. The zero-order valence-electron chi connectivity index (χ0n) is 14.2. The van der Waals surface area contributed by atoms with Crippen LogP contribution < -0.4 is 0 Å². The number of piperazine rings is 1. The largest absolute Gasteiger partial charge is 0.389 e. The van der Waals surface area contributed by atoms with Gasteiger partial charge >= 0.3 is 0 Å². The van der Waals surface area contributed by atoms with Crippen LogP contribution in [0.1, 0.15) is 27.7 Å². The molecule has 0 saturated carbocycles. The molecule has 0 aromatic heterocycles. The van der Waals surface area contributed by atoms with Gasteiger partial charge in [0.2, 0.25) is 11.8 Å². The van der Waals surface area contributed by atoms with Crippen LogP contribution in [0.25, 0.3) is 0 Å². The summed E-state index contributed by atoms with van der Waals surface area (Å²) in [5, 5.41) is 9.89. The average Bonchev–Trinajstić information content (AvgIpc) is 2.42. The lowest BCUT2D eigenvalue weighted by Crippen LogP contribution is -2.57. The lowest BCUT2D eigenvalue weighted by atomic mass is 10.1. The van der Waals surface area contributed by atoms with Crippen molar-refractivity contribution in [3.05, 3.63) is 12.7 Å². The van der Waals surface area contributed by atoms with Crippen molar-refractivity contribution in [2.45, 2.75) is 39.3 Å². The van der Waals surface area contributed by atoms with E-state index in [0.29, 0.717) is 19.6 Å². The van der Waals surface area contributed by atoms with Gasteiger partial charge in [0.25, 0.3) is 0 Å². The molecule has 1 fully saturated rings. The maximum atomic E-state index is 12.4. The molecule has 1 aliphatic rings. The fraction of sp³-hybridized carbons (Fsp3) is 0.750. The van der Waals surface area contributed by atoms with Crippen LogP contribution in [0.4, 0.5) is 0 Å². The first-order valence-electron chi connectivity index (χ1n) is 7.83. The van der Waals surface area contributed by atoms with Gasteiger partial charge in [-0.05, 0) is 33.8 Å². The van der Waals surface area contributed by atoms with Crippen LogP contribution >= 0.6 is 0 Å². The monoisotopic (exact) mass is 311 g/mol. The highest BCUT2D eigenvalue weighted by atomic mass is 16.3. The summed E-state index contributed by atoms with van der Waals surface area (Å²) < 4.78 is 0.